The van der Waals surface area contributed by atoms with Gasteiger partial charge in [0.05, 0.1) is 6.04 Å². The second-order valence-electron chi connectivity index (χ2n) is 6.32. The Morgan fingerprint density at radius 2 is 1.86 bits per heavy atom. The van der Waals surface area contributed by atoms with Crippen LogP contribution in [0, 0.1) is 0 Å². The molecule has 0 radical (unpaired) electrons. The lowest BCUT2D eigenvalue weighted by atomic mass is 9.98. The van der Waals surface area contributed by atoms with Crippen LogP contribution in [0.3, 0.4) is 0 Å². The van der Waals surface area contributed by atoms with Crippen LogP contribution in [-0.4, -0.2) is 41.8 Å². The summed E-state index contributed by atoms with van der Waals surface area (Å²) in [4.78, 5) is 17.5. The van der Waals surface area contributed by atoms with Gasteiger partial charge in [-0.05, 0) is 45.5 Å². The third-order valence-electron chi connectivity index (χ3n) is 4.56. The lowest BCUT2D eigenvalue weighted by Crippen LogP contribution is -2.52. The highest BCUT2D eigenvalue weighted by atomic mass is 79.9. The minimum atomic E-state index is 0.219. The molecular formula is C18H27BrN2O. The van der Waals surface area contributed by atoms with Crippen LogP contribution < -0.4 is 4.90 Å². The molecule has 1 aliphatic rings. The van der Waals surface area contributed by atoms with Gasteiger partial charge in [-0.1, -0.05) is 47.5 Å². The van der Waals surface area contributed by atoms with Gasteiger partial charge in [-0.25, -0.2) is 0 Å². The molecule has 3 unspecified atom stereocenters. The fourth-order valence-corrected chi connectivity index (χ4v) is 4.12. The first-order chi connectivity index (χ1) is 10.5. The zero-order valence-corrected chi connectivity index (χ0v) is 15.4. The van der Waals surface area contributed by atoms with Crippen LogP contribution in [0.15, 0.2) is 30.3 Å². The number of likely N-dealkylation sites (N-methyl/N-ethyl adjacent to an activating group) is 1. The number of anilines is 1. The van der Waals surface area contributed by atoms with Crippen molar-refractivity contribution in [3.8, 4) is 0 Å². The summed E-state index contributed by atoms with van der Waals surface area (Å²) in [5, 5.41) is 0. The van der Waals surface area contributed by atoms with Crippen molar-refractivity contribution in [1.82, 2.24) is 4.90 Å². The number of amides is 1. The van der Waals surface area contributed by atoms with Crippen LogP contribution in [0.25, 0.3) is 0 Å². The maximum atomic E-state index is 12.7. The Bertz CT molecular complexity index is 477. The Labute approximate surface area is 142 Å². The maximum absolute atomic E-state index is 12.7. The van der Waals surface area contributed by atoms with Crippen molar-refractivity contribution >= 4 is 27.5 Å². The van der Waals surface area contributed by atoms with E-state index in [1.54, 1.807) is 0 Å². The molecular weight excluding hydrogens is 340 g/mol. The fourth-order valence-electron chi connectivity index (χ4n) is 3.41. The first-order valence-corrected chi connectivity index (χ1v) is 9.13. The van der Waals surface area contributed by atoms with Crippen molar-refractivity contribution in [2.45, 2.75) is 55.9 Å². The van der Waals surface area contributed by atoms with Crippen LogP contribution in [0.1, 0.15) is 39.0 Å². The van der Waals surface area contributed by atoms with E-state index in [-0.39, 0.29) is 11.9 Å². The zero-order chi connectivity index (χ0) is 16.1. The number of halogens is 1. The number of carbonyl (C=O) groups is 1. The number of alkyl halides is 1. The summed E-state index contributed by atoms with van der Waals surface area (Å²) >= 11 is 3.80. The van der Waals surface area contributed by atoms with Crippen molar-refractivity contribution in [1.29, 1.82) is 0 Å². The number of nitrogens with zero attached hydrogens (tertiary/aromatic N) is 2. The van der Waals surface area contributed by atoms with E-state index < -0.39 is 0 Å². The molecule has 1 saturated carbocycles. The standard InChI is InChI=1S/C18H27BrN2O/c1-4-18(22)21(15-10-6-5-7-11-15)16-12-8-9-14(19)13-17(16)20(2)3/h5-7,10-11,14,16-17H,4,8-9,12-13H2,1-3H3. The largest absolute Gasteiger partial charge is 0.308 e. The zero-order valence-electron chi connectivity index (χ0n) is 13.8. The molecule has 0 bridgehead atoms. The van der Waals surface area contributed by atoms with E-state index in [2.05, 4.69) is 52.0 Å². The normalized spacial score (nSPS) is 25.8. The number of rotatable bonds is 4. The summed E-state index contributed by atoms with van der Waals surface area (Å²) in [6.07, 6.45) is 5.03. The van der Waals surface area contributed by atoms with Crippen molar-refractivity contribution in [2.24, 2.45) is 0 Å². The van der Waals surface area contributed by atoms with Crippen LogP contribution in [0.4, 0.5) is 5.69 Å². The lowest BCUT2D eigenvalue weighted by Gasteiger charge is -2.39. The minimum absolute atomic E-state index is 0.219. The Morgan fingerprint density at radius 1 is 1.18 bits per heavy atom. The van der Waals surface area contributed by atoms with Crippen molar-refractivity contribution in [3.05, 3.63) is 30.3 Å². The molecule has 1 aromatic rings. The van der Waals surface area contributed by atoms with Gasteiger partial charge < -0.3 is 9.80 Å². The molecule has 0 aliphatic heterocycles. The quantitative estimate of drug-likeness (QED) is 0.592. The molecule has 22 heavy (non-hydrogen) atoms. The summed E-state index contributed by atoms with van der Waals surface area (Å²) in [7, 11) is 4.25. The third-order valence-corrected chi connectivity index (χ3v) is 5.39. The number of hydrogen-bond donors (Lipinski definition) is 0. The van der Waals surface area contributed by atoms with Crippen molar-refractivity contribution in [2.75, 3.05) is 19.0 Å². The molecule has 0 N–H and O–H groups in total. The van der Waals surface area contributed by atoms with Crippen LogP contribution in [-0.2, 0) is 4.79 Å². The monoisotopic (exact) mass is 366 g/mol. The van der Waals surface area contributed by atoms with Gasteiger partial charge in [0.1, 0.15) is 0 Å². The van der Waals surface area contributed by atoms with Gasteiger partial charge >= 0.3 is 0 Å². The molecule has 0 heterocycles. The highest BCUT2D eigenvalue weighted by molar-refractivity contribution is 9.09. The van der Waals surface area contributed by atoms with E-state index in [0.717, 1.165) is 24.9 Å². The molecule has 0 aromatic heterocycles. The van der Waals surface area contributed by atoms with E-state index in [1.165, 1.54) is 6.42 Å². The molecule has 2 rings (SSSR count). The number of carbonyl (C=O) groups excluding carboxylic acids is 1. The van der Waals surface area contributed by atoms with Crippen LogP contribution >= 0.6 is 15.9 Å². The highest BCUT2D eigenvalue weighted by Crippen LogP contribution is 2.32. The summed E-state index contributed by atoms with van der Waals surface area (Å²) in [5.74, 6) is 0.219. The number of benzene rings is 1. The molecule has 3 nitrogen and oxygen atoms in total. The van der Waals surface area contributed by atoms with Crippen LogP contribution in [0.5, 0.6) is 0 Å². The van der Waals surface area contributed by atoms with Gasteiger partial charge in [-0.2, -0.15) is 0 Å². The van der Waals surface area contributed by atoms with E-state index >= 15 is 0 Å². The molecule has 4 heteroatoms. The molecule has 1 amide bonds. The first kappa shape index (κ1) is 17.5. The van der Waals surface area contributed by atoms with E-state index in [4.69, 9.17) is 0 Å². The van der Waals surface area contributed by atoms with Gasteiger partial charge in [0.15, 0.2) is 0 Å². The predicted octanol–water partition coefficient (Wildman–Crippen LogP) is 4.07. The Balaban J connectivity index is 2.37. The van der Waals surface area contributed by atoms with Crippen LogP contribution in [0.2, 0.25) is 0 Å². The molecule has 1 fully saturated rings. The third kappa shape index (κ3) is 4.11. The topological polar surface area (TPSA) is 23.6 Å². The molecule has 122 valence electrons. The smallest absolute Gasteiger partial charge is 0.227 e. The van der Waals surface area contributed by atoms with Gasteiger partial charge in [0.25, 0.3) is 0 Å². The first-order valence-electron chi connectivity index (χ1n) is 8.22. The average Bonchev–Trinajstić information content (AvgIpc) is 2.70. The Kier molecular flexibility index (Phi) is 6.45. The van der Waals surface area contributed by atoms with Gasteiger partial charge in [0, 0.05) is 23.0 Å². The molecule has 0 saturated heterocycles. The predicted molar refractivity (Wildman–Crippen MR) is 96.7 cm³/mol. The SMILES string of the molecule is CCC(=O)N(c1ccccc1)C1CCCC(Br)CC1N(C)C. The van der Waals surface area contributed by atoms with Gasteiger partial charge in [-0.15, -0.1) is 0 Å². The molecule has 3 atom stereocenters. The highest BCUT2D eigenvalue weighted by Gasteiger charge is 2.35. The van der Waals surface area contributed by atoms with Crippen molar-refractivity contribution < 1.29 is 4.79 Å². The fraction of sp³-hybridized carbons (Fsp3) is 0.611. The van der Waals surface area contributed by atoms with Crippen molar-refractivity contribution in [3.63, 3.8) is 0 Å². The Hall–Kier alpha value is -0.870. The summed E-state index contributed by atoms with van der Waals surface area (Å²) in [6.45, 7) is 1.95. The molecule has 1 aromatic carbocycles. The van der Waals surface area contributed by atoms with E-state index in [1.807, 2.05) is 25.1 Å². The molecule has 1 aliphatic carbocycles. The van der Waals surface area contributed by atoms with Gasteiger partial charge in [-0.3, -0.25) is 4.79 Å². The lowest BCUT2D eigenvalue weighted by molar-refractivity contribution is -0.119. The van der Waals surface area contributed by atoms with Gasteiger partial charge in [0.2, 0.25) is 5.91 Å². The van der Waals surface area contributed by atoms with E-state index in [0.29, 0.717) is 17.3 Å². The second kappa shape index (κ2) is 8.11. The summed E-state index contributed by atoms with van der Waals surface area (Å²) < 4.78 is 0. The Morgan fingerprint density at radius 3 is 2.45 bits per heavy atom. The average molecular weight is 367 g/mol. The summed E-state index contributed by atoms with van der Waals surface area (Å²) in [6, 6.07) is 10.8. The molecule has 0 spiro atoms. The summed E-state index contributed by atoms with van der Waals surface area (Å²) in [5.41, 5.74) is 1.03. The number of hydrogen-bond acceptors (Lipinski definition) is 2. The van der Waals surface area contributed by atoms with E-state index in [9.17, 15) is 4.79 Å². The number of para-hydroxylation sites is 1. The maximum Gasteiger partial charge on any atom is 0.227 e. The minimum Gasteiger partial charge on any atom is -0.308 e. The second-order valence-corrected chi connectivity index (χ2v) is 7.61.